The van der Waals surface area contributed by atoms with Crippen LogP contribution in [0.3, 0.4) is 0 Å². The van der Waals surface area contributed by atoms with Crippen LogP contribution in [0.2, 0.25) is 5.02 Å². The van der Waals surface area contributed by atoms with Gasteiger partial charge in [-0.15, -0.1) is 0 Å². The fraction of sp³-hybridized carbons (Fsp3) is 0.176. The number of methoxy groups -OCH3 is 1. The minimum Gasteiger partial charge on any atom is -0.496 e. The lowest BCUT2D eigenvalue weighted by atomic mass is 10.2. The Bertz CT molecular complexity index is 702. The Labute approximate surface area is 139 Å². The van der Waals surface area contributed by atoms with Crippen molar-refractivity contribution in [1.29, 1.82) is 0 Å². The van der Waals surface area contributed by atoms with Gasteiger partial charge in [-0.05, 0) is 29.8 Å². The lowest BCUT2D eigenvalue weighted by Gasteiger charge is -2.09. The second-order valence-corrected chi connectivity index (χ2v) is 5.12. The number of ether oxygens (including phenoxy) is 2. The van der Waals surface area contributed by atoms with Crippen molar-refractivity contribution in [2.24, 2.45) is 0 Å². The second kappa shape index (κ2) is 8.19. The van der Waals surface area contributed by atoms with Gasteiger partial charge in [0.25, 0.3) is 5.91 Å². The molecule has 2 aromatic carbocycles. The summed E-state index contributed by atoms with van der Waals surface area (Å²) in [6.07, 6.45) is 0. The van der Waals surface area contributed by atoms with Crippen molar-refractivity contribution >= 4 is 23.5 Å². The highest BCUT2D eigenvalue weighted by molar-refractivity contribution is 6.30. The summed E-state index contributed by atoms with van der Waals surface area (Å²) in [5, 5.41) is 3.25. The van der Waals surface area contributed by atoms with Crippen LogP contribution in [0.5, 0.6) is 5.75 Å². The molecule has 1 N–H and O–H groups in total. The third kappa shape index (κ3) is 5.00. The summed E-state index contributed by atoms with van der Waals surface area (Å²) in [6, 6.07) is 13.8. The molecule has 0 atom stereocenters. The zero-order valence-corrected chi connectivity index (χ0v) is 13.3. The number of rotatable bonds is 6. The van der Waals surface area contributed by atoms with E-state index in [4.69, 9.17) is 21.1 Å². The van der Waals surface area contributed by atoms with E-state index < -0.39 is 11.9 Å². The van der Waals surface area contributed by atoms with Gasteiger partial charge in [-0.1, -0.05) is 35.9 Å². The van der Waals surface area contributed by atoms with E-state index in [1.807, 2.05) is 6.07 Å². The van der Waals surface area contributed by atoms with Crippen molar-refractivity contribution in [3.63, 3.8) is 0 Å². The van der Waals surface area contributed by atoms with E-state index >= 15 is 0 Å². The van der Waals surface area contributed by atoms with E-state index in [-0.39, 0.29) is 12.2 Å². The third-order valence-corrected chi connectivity index (χ3v) is 3.28. The van der Waals surface area contributed by atoms with Crippen LogP contribution >= 0.6 is 11.6 Å². The molecule has 0 unspecified atom stereocenters. The van der Waals surface area contributed by atoms with Gasteiger partial charge in [-0.25, -0.2) is 4.79 Å². The number of benzene rings is 2. The molecule has 5 nitrogen and oxygen atoms in total. The van der Waals surface area contributed by atoms with Gasteiger partial charge in [0.1, 0.15) is 11.3 Å². The van der Waals surface area contributed by atoms with Crippen molar-refractivity contribution in [3.8, 4) is 5.75 Å². The molecule has 0 saturated heterocycles. The average Bonchev–Trinajstić information content (AvgIpc) is 2.57. The lowest BCUT2D eigenvalue weighted by Crippen LogP contribution is -2.28. The second-order valence-electron chi connectivity index (χ2n) is 4.68. The highest BCUT2D eigenvalue weighted by Gasteiger charge is 2.14. The third-order valence-electron chi connectivity index (χ3n) is 3.04. The van der Waals surface area contributed by atoms with E-state index in [1.165, 1.54) is 7.11 Å². The molecule has 120 valence electrons. The van der Waals surface area contributed by atoms with Crippen LogP contribution < -0.4 is 10.1 Å². The minimum atomic E-state index is -0.611. The molecular formula is C17H16ClNO4. The zero-order valence-electron chi connectivity index (χ0n) is 12.5. The summed E-state index contributed by atoms with van der Waals surface area (Å²) in [7, 11) is 1.46. The van der Waals surface area contributed by atoms with Gasteiger partial charge >= 0.3 is 5.97 Å². The number of nitrogens with one attached hydrogen (secondary N) is 1. The first-order valence-electron chi connectivity index (χ1n) is 6.91. The molecule has 0 heterocycles. The smallest absolute Gasteiger partial charge is 0.342 e. The van der Waals surface area contributed by atoms with Gasteiger partial charge in [-0.3, -0.25) is 4.79 Å². The highest BCUT2D eigenvalue weighted by atomic mass is 35.5. The molecule has 0 aromatic heterocycles. The first-order chi connectivity index (χ1) is 11.1. The predicted octanol–water partition coefficient (Wildman–Crippen LogP) is 2.82. The van der Waals surface area contributed by atoms with Crippen molar-refractivity contribution < 1.29 is 19.1 Å². The fourth-order valence-electron chi connectivity index (χ4n) is 1.92. The van der Waals surface area contributed by atoms with Crippen LogP contribution in [0, 0.1) is 0 Å². The van der Waals surface area contributed by atoms with Crippen molar-refractivity contribution in [1.82, 2.24) is 5.32 Å². The Morgan fingerprint density at radius 3 is 2.65 bits per heavy atom. The summed E-state index contributed by atoms with van der Waals surface area (Å²) in [6.45, 7) is -0.0525. The van der Waals surface area contributed by atoms with Gasteiger partial charge < -0.3 is 14.8 Å². The summed E-state index contributed by atoms with van der Waals surface area (Å²) in [4.78, 5) is 23.7. The fourth-order valence-corrected chi connectivity index (χ4v) is 2.13. The standard InChI is InChI=1S/C17H16ClNO4/c1-22-15-8-3-2-7-14(15)17(21)23-11-16(20)19-10-12-5-4-6-13(18)9-12/h2-9H,10-11H2,1H3,(H,19,20). The number of amides is 1. The molecule has 0 aliphatic carbocycles. The number of carbonyl (C=O) groups is 2. The molecule has 0 spiro atoms. The summed E-state index contributed by atoms with van der Waals surface area (Å²) in [5.41, 5.74) is 1.14. The normalized spacial score (nSPS) is 10.0. The molecule has 1 amide bonds. The van der Waals surface area contributed by atoms with Crippen LogP contribution in [0.1, 0.15) is 15.9 Å². The monoisotopic (exact) mass is 333 g/mol. The maximum absolute atomic E-state index is 11.9. The molecule has 0 aliphatic heterocycles. The Kier molecular flexibility index (Phi) is 6.00. The van der Waals surface area contributed by atoms with Crippen molar-refractivity contribution in [3.05, 3.63) is 64.7 Å². The molecule has 0 saturated carbocycles. The van der Waals surface area contributed by atoms with Crippen LogP contribution in [0.25, 0.3) is 0 Å². The number of para-hydroxylation sites is 1. The maximum atomic E-state index is 11.9. The topological polar surface area (TPSA) is 64.6 Å². The Hall–Kier alpha value is -2.53. The van der Waals surface area contributed by atoms with Gasteiger partial charge in [-0.2, -0.15) is 0 Å². The van der Waals surface area contributed by atoms with Gasteiger partial charge in [0.05, 0.1) is 7.11 Å². The quantitative estimate of drug-likeness (QED) is 0.826. The Morgan fingerprint density at radius 1 is 1.13 bits per heavy atom. The number of halogens is 1. The maximum Gasteiger partial charge on any atom is 0.342 e. The molecule has 0 fully saturated rings. The van der Waals surface area contributed by atoms with Crippen molar-refractivity contribution in [2.75, 3.05) is 13.7 Å². The van der Waals surface area contributed by atoms with E-state index in [1.54, 1.807) is 42.5 Å². The first kappa shape index (κ1) is 16.8. The predicted molar refractivity (Wildman–Crippen MR) is 86.6 cm³/mol. The summed E-state index contributed by atoms with van der Waals surface area (Å²) in [5.74, 6) is -0.606. The first-order valence-corrected chi connectivity index (χ1v) is 7.29. The Morgan fingerprint density at radius 2 is 1.91 bits per heavy atom. The molecule has 0 bridgehead atoms. The van der Waals surface area contributed by atoms with E-state index in [9.17, 15) is 9.59 Å². The molecular weight excluding hydrogens is 318 g/mol. The van der Waals surface area contributed by atoms with Gasteiger partial charge in [0.15, 0.2) is 6.61 Å². The van der Waals surface area contributed by atoms with E-state index in [0.717, 1.165) is 5.56 Å². The minimum absolute atomic E-state index is 0.276. The largest absolute Gasteiger partial charge is 0.496 e. The molecule has 0 radical (unpaired) electrons. The molecule has 23 heavy (non-hydrogen) atoms. The van der Waals surface area contributed by atoms with Crippen LogP contribution in [-0.2, 0) is 16.1 Å². The lowest BCUT2D eigenvalue weighted by molar-refractivity contribution is -0.124. The van der Waals surface area contributed by atoms with Crippen LogP contribution in [-0.4, -0.2) is 25.6 Å². The molecule has 2 rings (SSSR count). The van der Waals surface area contributed by atoms with Crippen LogP contribution in [0.4, 0.5) is 0 Å². The number of hydrogen-bond donors (Lipinski definition) is 1. The average molecular weight is 334 g/mol. The number of carbonyl (C=O) groups excluding carboxylic acids is 2. The Balaban J connectivity index is 1.83. The zero-order chi connectivity index (χ0) is 16.7. The summed E-state index contributed by atoms with van der Waals surface area (Å²) >= 11 is 5.87. The van der Waals surface area contributed by atoms with Crippen molar-refractivity contribution in [2.45, 2.75) is 6.54 Å². The SMILES string of the molecule is COc1ccccc1C(=O)OCC(=O)NCc1cccc(Cl)c1. The van der Waals surface area contributed by atoms with E-state index in [0.29, 0.717) is 17.3 Å². The molecule has 6 heteroatoms. The molecule has 2 aromatic rings. The molecule has 0 aliphatic rings. The summed E-state index contributed by atoms with van der Waals surface area (Å²) < 4.78 is 10.1. The van der Waals surface area contributed by atoms with Crippen LogP contribution in [0.15, 0.2) is 48.5 Å². The van der Waals surface area contributed by atoms with Gasteiger partial charge in [0.2, 0.25) is 0 Å². The number of esters is 1. The van der Waals surface area contributed by atoms with E-state index in [2.05, 4.69) is 5.32 Å². The highest BCUT2D eigenvalue weighted by Crippen LogP contribution is 2.18. The number of hydrogen-bond acceptors (Lipinski definition) is 4. The van der Waals surface area contributed by atoms with Gasteiger partial charge in [0, 0.05) is 11.6 Å².